The molecule has 2 aliphatic rings. The van der Waals surface area contributed by atoms with Crippen LogP contribution in [-0.4, -0.2) is 15.0 Å². The van der Waals surface area contributed by atoms with Gasteiger partial charge in [0, 0.05) is 34.8 Å². The fraction of sp³-hybridized carbons (Fsp3) is 0.654. The predicted octanol–water partition coefficient (Wildman–Crippen LogP) is 7.38. The van der Waals surface area contributed by atoms with Gasteiger partial charge in [-0.3, -0.25) is 4.98 Å². The first-order chi connectivity index (χ1) is 13.0. The Morgan fingerprint density at radius 3 is 1.52 bits per heavy atom. The van der Waals surface area contributed by atoms with Gasteiger partial charge < -0.3 is 0 Å². The summed E-state index contributed by atoms with van der Waals surface area (Å²) in [6.07, 6.45) is 7.46. The Morgan fingerprint density at radius 1 is 0.586 bits per heavy atom. The van der Waals surface area contributed by atoms with E-state index in [1.165, 1.54) is 22.4 Å². The summed E-state index contributed by atoms with van der Waals surface area (Å²) in [7, 11) is 0. The van der Waals surface area contributed by atoms with Gasteiger partial charge in [0.15, 0.2) is 0 Å². The molecule has 0 N–H and O–H groups in total. The van der Waals surface area contributed by atoms with Gasteiger partial charge in [0.05, 0.1) is 5.69 Å². The van der Waals surface area contributed by atoms with Crippen LogP contribution in [0.15, 0.2) is 31.0 Å². The predicted molar refractivity (Wildman–Crippen MR) is 128 cm³/mol. The van der Waals surface area contributed by atoms with E-state index in [2.05, 4.69) is 76.4 Å². The molecule has 0 aromatic carbocycles. The maximum absolute atomic E-state index is 4.30. The highest BCUT2D eigenvalue weighted by Crippen LogP contribution is 2.55. The molecule has 0 unspecified atom stereocenters. The summed E-state index contributed by atoms with van der Waals surface area (Å²) in [4.78, 5) is 12.5. The van der Waals surface area contributed by atoms with Crippen molar-refractivity contribution in [2.24, 2.45) is 0 Å². The summed E-state index contributed by atoms with van der Waals surface area (Å²) in [6, 6.07) is 2.14. The summed E-state index contributed by atoms with van der Waals surface area (Å²) < 4.78 is 0. The Hall–Kier alpha value is -1.77. The lowest BCUT2D eigenvalue weighted by atomic mass is 9.50. The number of nitrogens with zero attached hydrogens (tertiary/aromatic N) is 3. The molecule has 0 saturated heterocycles. The van der Waals surface area contributed by atoms with Gasteiger partial charge in [0.1, 0.15) is 6.33 Å². The second kappa shape index (κ2) is 9.36. The molecule has 0 aliphatic heterocycles. The summed E-state index contributed by atoms with van der Waals surface area (Å²) in [5.41, 5.74) is 6.41. The Kier molecular flexibility index (Phi) is 8.79. The smallest absolute Gasteiger partial charge is 0.115 e. The topological polar surface area (TPSA) is 38.7 Å². The van der Waals surface area contributed by atoms with Crippen molar-refractivity contribution in [2.45, 2.75) is 112 Å². The van der Waals surface area contributed by atoms with Crippen molar-refractivity contribution in [1.82, 2.24) is 15.0 Å². The molecule has 3 nitrogen and oxygen atoms in total. The molecule has 3 heteroatoms. The number of hydrogen-bond acceptors (Lipinski definition) is 3. The molecule has 0 atom stereocenters. The second-order valence-electron chi connectivity index (χ2n) is 9.21. The van der Waals surface area contributed by atoms with E-state index in [9.17, 15) is 0 Å². The Labute approximate surface area is 180 Å². The highest BCUT2D eigenvalue weighted by molar-refractivity contribution is 5.51. The number of fused-ring (bicyclic) bond motifs is 2. The lowest BCUT2D eigenvalue weighted by Crippen LogP contribution is -2.51. The highest BCUT2D eigenvalue weighted by Gasteiger charge is 2.52. The average Bonchev–Trinajstić information content (AvgIpc) is 2.71. The lowest BCUT2D eigenvalue weighted by Gasteiger charge is -2.53. The Morgan fingerprint density at radius 2 is 1.03 bits per heavy atom. The average molecular weight is 400 g/mol. The number of aromatic nitrogens is 3. The Balaban J connectivity index is 0.000000449. The van der Waals surface area contributed by atoms with Crippen LogP contribution in [-0.2, 0) is 21.7 Å². The third-order valence-electron chi connectivity index (χ3n) is 7.27. The molecule has 2 aromatic rings. The van der Waals surface area contributed by atoms with E-state index < -0.39 is 0 Å². The summed E-state index contributed by atoms with van der Waals surface area (Å²) in [5.74, 6) is 0. The molecule has 4 rings (SSSR count). The minimum atomic E-state index is 0. The summed E-state index contributed by atoms with van der Waals surface area (Å²) in [5, 5.41) is 0. The molecule has 2 aromatic heterocycles. The molecule has 2 aliphatic carbocycles. The van der Waals surface area contributed by atoms with Crippen molar-refractivity contribution >= 4 is 0 Å². The van der Waals surface area contributed by atoms with Crippen molar-refractivity contribution in [3.8, 4) is 0 Å². The van der Waals surface area contributed by atoms with Crippen molar-refractivity contribution in [3.05, 3.63) is 53.4 Å². The van der Waals surface area contributed by atoms with Crippen LogP contribution in [0.1, 0.15) is 113 Å². The van der Waals surface area contributed by atoms with Gasteiger partial charge in [-0.1, -0.05) is 90.5 Å². The maximum atomic E-state index is 4.30. The lowest BCUT2D eigenvalue weighted by molar-refractivity contribution is 0.230. The Bertz CT molecular complexity index is 653. The van der Waals surface area contributed by atoms with Gasteiger partial charge in [-0.2, -0.15) is 0 Å². The molecule has 164 valence electrons. The molecular weight excluding hydrogens is 354 g/mol. The minimum absolute atomic E-state index is 0. The molecule has 2 heterocycles. The SMILES string of the molecule is C.CC.CC.CC1(C)c2ccncc2C1(C)C.CC1(C)c2cncnc2C1(C)C. The van der Waals surface area contributed by atoms with Crippen molar-refractivity contribution < 1.29 is 0 Å². The first-order valence-electron chi connectivity index (χ1n) is 10.7. The molecule has 0 radical (unpaired) electrons. The number of pyridine rings is 1. The van der Waals surface area contributed by atoms with Crippen LogP contribution in [0.4, 0.5) is 0 Å². The van der Waals surface area contributed by atoms with Crippen LogP contribution < -0.4 is 0 Å². The zero-order valence-corrected chi connectivity index (χ0v) is 20.2. The van der Waals surface area contributed by atoms with Crippen LogP contribution in [0.25, 0.3) is 0 Å². The monoisotopic (exact) mass is 399 g/mol. The zero-order chi connectivity index (χ0) is 22.0. The molecule has 0 amide bonds. The van der Waals surface area contributed by atoms with Crippen molar-refractivity contribution in [1.29, 1.82) is 0 Å². The number of hydrogen-bond donors (Lipinski definition) is 0. The van der Waals surface area contributed by atoms with E-state index in [-0.39, 0.29) is 23.7 Å². The molecular formula is C26H45N3. The largest absolute Gasteiger partial charge is 0.264 e. The fourth-order valence-electron chi connectivity index (χ4n) is 3.90. The van der Waals surface area contributed by atoms with E-state index in [1.54, 1.807) is 6.33 Å². The quantitative estimate of drug-likeness (QED) is 0.463. The minimum Gasteiger partial charge on any atom is -0.264 e. The van der Waals surface area contributed by atoms with E-state index in [1.807, 2.05) is 46.3 Å². The van der Waals surface area contributed by atoms with Crippen molar-refractivity contribution in [3.63, 3.8) is 0 Å². The van der Waals surface area contributed by atoms with Crippen LogP contribution in [0, 0.1) is 0 Å². The third kappa shape index (κ3) is 3.98. The van der Waals surface area contributed by atoms with Gasteiger partial charge >= 0.3 is 0 Å². The highest BCUT2D eigenvalue weighted by atomic mass is 14.9. The van der Waals surface area contributed by atoms with Crippen LogP contribution in [0.5, 0.6) is 0 Å². The van der Waals surface area contributed by atoms with Gasteiger partial charge in [0.2, 0.25) is 0 Å². The molecule has 0 bridgehead atoms. The van der Waals surface area contributed by atoms with Gasteiger partial charge in [-0.25, -0.2) is 9.97 Å². The standard InChI is InChI=1S/C11H15N.C10H14N2.2C2H6.CH4/c1-10(2)8-5-6-12-7-9(8)11(10,3)4;1-9(2)7-5-11-6-12-8(7)10(9,3)4;2*1-2;/h5-7H,1-4H3;5-6H,1-4H3;2*1-2H3;1H4. The third-order valence-corrected chi connectivity index (χ3v) is 7.27. The summed E-state index contributed by atoms with van der Waals surface area (Å²) in [6.45, 7) is 26.2. The summed E-state index contributed by atoms with van der Waals surface area (Å²) >= 11 is 0. The van der Waals surface area contributed by atoms with E-state index in [0.717, 1.165) is 0 Å². The first kappa shape index (κ1) is 27.2. The van der Waals surface area contributed by atoms with E-state index in [0.29, 0.717) is 5.41 Å². The van der Waals surface area contributed by atoms with Crippen LogP contribution >= 0.6 is 0 Å². The first-order valence-corrected chi connectivity index (χ1v) is 10.7. The second-order valence-corrected chi connectivity index (χ2v) is 9.21. The number of rotatable bonds is 0. The van der Waals surface area contributed by atoms with E-state index in [4.69, 9.17) is 0 Å². The van der Waals surface area contributed by atoms with E-state index >= 15 is 0 Å². The van der Waals surface area contributed by atoms with Gasteiger partial charge in [0.25, 0.3) is 0 Å². The molecule has 0 fully saturated rings. The molecule has 0 spiro atoms. The normalized spacial score (nSPS) is 19.2. The molecule has 29 heavy (non-hydrogen) atoms. The fourth-order valence-corrected chi connectivity index (χ4v) is 3.90. The van der Waals surface area contributed by atoms with Gasteiger partial charge in [-0.15, -0.1) is 0 Å². The zero-order valence-electron chi connectivity index (χ0n) is 20.2. The van der Waals surface area contributed by atoms with Gasteiger partial charge in [-0.05, 0) is 28.2 Å². The van der Waals surface area contributed by atoms with Crippen molar-refractivity contribution in [2.75, 3.05) is 0 Å². The molecule has 0 saturated carbocycles. The van der Waals surface area contributed by atoms with Crippen LogP contribution in [0.2, 0.25) is 0 Å². The van der Waals surface area contributed by atoms with Crippen LogP contribution in [0.3, 0.4) is 0 Å². The maximum Gasteiger partial charge on any atom is 0.115 e.